The Hall–Kier alpha value is -1.98. The van der Waals surface area contributed by atoms with Crippen LogP contribution in [0.4, 0.5) is 5.95 Å². The van der Waals surface area contributed by atoms with Gasteiger partial charge in [-0.2, -0.15) is 0 Å². The van der Waals surface area contributed by atoms with Crippen molar-refractivity contribution in [3.8, 4) is 0 Å². The molecule has 138 valence electrons. The molecule has 0 aromatic carbocycles. The molecule has 6 heteroatoms. The molecule has 1 atom stereocenters. The molecule has 1 aliphatic heterocycles. The molecule has 0 saturated carbocycles. The third kappa shape index (κ3) is 5.80. The minimum absolute atomic E-state index is 0.00313. The molecule has 1 amide bonds. The number of Topliss-reactive ketones (excluding diaryl/α,β-unsaturated/α-hetero) is 1. The molecule has 0 aliphatic carbocycles. The van der Waals surface area contributed by atoms with Crippen molar-refractivity contribution in [2.45, 2.75) is 52.4 Å². The topological polar surface area (TPSA) is 66.4 Å². The maximum absolute atomic E-state index is 12.8. The van der Waals surface area contributed by atoms with Gasteiger partial charge in [0.1, 0.15) is 5.78 Å². The summed E-state index contributed by atoms with van der Waals surface area (Å²) in [6, 6.07) is 1.79. The van der Waals surface area contributed by atoms with Crippen molar-refractivity contribution < 1.29 is 9.59 Å². The van der Waals surface area contributed by atoms with E-state index in [1.807, 2.05) is 4.90 Å². The zero-order valence-corrected chi connectivity index (χ0v) is 15.5. The Balaban J connectivity index is 1.83. The predicted octanol–water partition coefficient (Wildman–Crippen LogP) is 2.69. The third-order valence-corrected chi connectivity index (χ3v) is 4.81. The molecular formula is C19H30N4O2. The molecule has 1 saturated heterocycles. The summed E-state index contributed by atoms with van der Waals surface area (Å²) in [5.74, 6) is 0.223. The number of anilines is 1. The number of ketones is 1. The van der Waals surface area contributed by atoms with Gasteiger partial charge in [-0.3, -0.25) is 9.59 Å². The minimum atomic E-state index is -0.471. The Bertz CT molecular complexity index is 542. The van der Waals surface area contributed by atoms with E-state index in [0.717, 1.165) is 12.8 Å². The number of unbranched alkanes of at least 4 members (excludes halogenated alkanes) is 4. The van der Waals surface area contributed by atoms with Gasteiger partial charge in [-0.15, -0.1) is 0 Å². The third-order valence-electron chi connectivity index (χ3n) is 4.81. The lowest BCUT2D eigenvalue weighted by Crippen LogP contribution is -2.51. The van der Waals surface area contributed by atoms with Gasteiger partial charge in [0.15, 0.2) is 0 Å². The van der Waals surface area contributed by atoms with Crippen molar-refractivity contribution in [2.24, 2.45) is 5.92 Å². The monoisotopic (exact) mass is 346 g/mol. The first-order valence-corrected chi connectivity index (χ1v) is 9.44. The predicted molar refractivity (Wildman–Crippen MR) is 98.4 cm³/mol. The SMILES string of the molecule is CCCCCCC[C@H](C(C)=O)C(=O)N1CCN(c2ncccn2)CC1. The second-order valence-corrected chi connectivity index (χ2v) is 6.73. The molecule has 0 bridgehead atoms. The first-order chi connectivity index (χ1) is 12.1. The molecule has 2 rings (SSSR count). The van der Waals surface area contributed by atoms with Crippen LogP contribution in [-0.2, 0) is 9.59 Å². The van der Waals surface area contributed by atoms with Crippen LogP contribution in [0.2, 0.25) is 0 Å². The van der Waals surface area contributed by atoms with E-state index in [4.69, 9.17) is 0 Å². The zero-order valence-electron chi connectivity index (χ0n) is 15.5. The largest absolute Gasteiger partial charge is 0.339 e. The zero-order chi connectivity index (χ0) is 18.1. The number of hydrogen-bond acceptors (Lipinski definition) is 5. The Morgan fingerprint density at radius 3 is 2.28 bits per heavy atom. The fourth-order valence-electron chi connectivity index (χ4n) is 3.25. The van der Waals surface area contributed by atoms with Crippen LogP contribution in [0.15, 0.2) is 18.5 Å². The van der Waals surface area contributed by atoms with Crippen LogP contribution < -0.4 is 4.90 Å². The van der Waals surface area contributed by atoms with Crippen LogP contribution in [0, 0.1) is 5.92 Å². The van der Waals surface area contributed by atoms with Crippen LogP contribution in [-0.4, -0.2) is 52.7 Å². The Morgan fingerprint density at radius 2 is 1.68 bits per heavy atom. The molecule has 0 N–H and O–H groups in total. The summed E-state index contributed by atoms with van der Waals surface area (Å²) in [6.07, 6.45) is 9.80. The van der Waals surface area contributed by atoms with Gasteiger partial charge in [0.05, 0.1) is 5.92 Å². The standard InChI is InChI=1S/C19H30N4O2/c1-3-4-5-6-7-9-17(16(2)24)18(25)22-12-14-23(15-13-22)19-20-10-8-11-21-19/h8,10-11,17H,3-7,9,12-15H2,1-2H3/t17-/m1/s1. The molecule has 1 fully saturated rings. The van der Waals surface area contributed by atoms with Crippen molar-refractivity contribution in [1.29, 1.82) is 0 Å². The number of carbonyl (C=O) groups is 2. The molecule has 1 aromatic heterocycles. The lowest BCUT2D eigenvalue weighted by molar-refractivity contribution is -0.141. The van der Waals surface area contributed by atoms with Gasteiger partial charge >= 0.3 is 0 Å². The first-order valence-electron chi connectivity index (χ1n) is 9.44. The Labute approximate surface area is 150 Å². The summed E-state index contributed by atoms with van der Waals surface area (Å²) in [4.78, 5) is 37.1. The van der Waals surface area contributed by atoms with E-state index in [-0.39, 0.29) is 11.7 Å². The Morgan fingerprint density at radius 1 is 1.04 bits per heavy atom. The van der Waals surface area contributed by atoms with Crippen molar-refractivity contribution >= 4 is 17.6 Å². The lowest BCUT2D eigenvalue weighted by atomic mass is 9.95. The molecule has 0 unspecified atom stereocenters. The summed E-state index contributed by atoms with van der Waals surface area (Å²) >= 11 is 0. The Kier molecular flexibility index (Phi) is 7.82. The van der Waals surface area contributed by atoms with Crippen molar-refractivity contribution in [1.82, 2.24) is 14.9 Å². The number of amides is 1. The summed E-state index contributed by atoms with van der Waals surface area (Å²) < 4.78 is 0. The quantitative estimate of drug-likeness (QED) is 0.508. The van der Waals surface area contributed by atoms with Crippen LogP contribution in [0.25, 0.3) is 0 Å². The van der Waals surface area contributed by atoms with E-state index >= 15 is 0 Å². The van der Waals surface area contributed by atoms with Gasteiger partial charge in [0.25, 0.3) is 0 Å². The molecule has 25 heavy (non-hydrogen) atoms. The van der Waals surface area contributed by atoms with Gasteiger partial charge in [-0.05, 0) is 19.4 Å². The molecule has 0 radical (unpaired) electrons. The number of piperazine rings is 1. The average Bonchev–Trinajstić information content (AvgIpc) is 2.65. The summed E-state index contributed by atoms with van der Waals surface area (Å²) in [5.41, 5.74) is 0. The minimum Gasteiger partial charge on any atom is -0.339 e. The van der Waals surface area contributed by atoms with E-state index < -0.39 is 5.92 Å². The van der Waals surface area contributed by atoms with Crippen LogP contribution in [0.1, 0.15) is 52.4 Å². The number of carbonyl (C=O) groups excluding carboxylic acids is 2. The highest BCUT2D eigenvalue weighted by atomic mass is 16.2. The summed E-state index contributed by atoms with van der Waals surface area (Å²) in [6.45, 7) is 6.38. The van der Waals surface area contributed by atoms with Gasteiger partial charge in [0.2, 0.25) is 11.9 Å². The fourth-order valence-corrected chi connectivity index (χ4v) is 3.25. The second-order valence-electron chi connectivity index (χ2n) is 6.73. The van der Waals surface area contributed by atoms with Crippen molar-refractivity contribution in [3.63, 3.8) is 0 Å². The van der Waals surface area contributed by atoms with Gasteiger partial charge in [-0.25, -0.2) is 9.97 Å². The highest BCUT2D eigenvalue weighted by Gasteiger charge is 2.30. The van der Waals surface area contributed by atoms with E-state index in [9.17, 15) is 9.59 Å². The van der Waals surface area contributed by atoms with Gasteiger partial charge in [-0.1, -0.05) is 39.0 Å². The normalized spacial score (nSPS) is 15.9. The van der Waals surface area contributed by atoms with Crippen LogP contribution >= 0.6 is 0 Å². The maximum Gasteiger partial charge on any atom is 0.233 e. The van der Waals surface area contributed by atoms with Gasteiger partial charge < -0.3 is 9.80 Å². The smallest absolute Gasteiger partial charge is 0.233 e. The summed E-state index contributed by atoms with van der Waals surface area (Å²) in [7, 11) is 0. The number of nitrogens with zero attached hydrogens (tertiary/aromatic N) is 4. The van der Waals surface area contributed by atoms with E-state index in [1.165, 1.54) is 19.3 Å². The van der Waals surface area contributed by atoms with E-state index in [1.54, 1.807) is 25.4 Å². The van der Waals surface area contributed by atoms with E-state index in [0.29, 0.717) is 38.5 Å². The molecule has 2 heterocycles. The first kappa shape index (κ1) is 19.3. The van der Waals surface area contributed by atoms with Gasteiger partial charge in [0, 0.05) is 38.6 Å². The molecule has 0 spiro atoms. The highest BCUT2D eigenvalue weighted by molar-refractivity contribution is 6.00. The molecule has 6 nitrogen and oxygen atoms in total. The van der Waals surface area contributed by atoms with E-state index in [2.05, 4.69) is 21.8 Å². The van der Waals surface area contributed by atoms with Crippen molar-refractivity contribution in [3.05, 3.63) is 18.5 Å². The molecule has 1 aromatic rings. The number of rotatable bonds is 9. The fraction of sp³-hybridized carbons (Fsp3) is 0.684. The second kappa shape index (κ2) is 10.1. The van der Waals surface area contributed by atoms with Crippen LogP contribution in [0.3, 0.4) is 0 Å². The maximum atomic E-state index is 12.8. The van der Waals surface area contributed by atoms with Crippen LogP contribution in [0.5, 0.6) is 0 Å². The number of hydrogen-bond donors (Lipinski definition) is 0. The average molecular weight is 346 g/mol. The number of aromatic nitrogens is 2. The van der Waals surface area contributed by atoms with Crippen molar-refractivity contribution in [2.75, 3.05) is 31.1 Å². The molecule has 1 aliphatic rings. The molecular weight excluding hydrogens is 316 g/mol. The summed E-state index contributed by atoms with van der Waals surface area (Å²) in [5, 5.41) is 0. The highest BCUT2D eigenvalue weighted by Crippen LogP contribution is 2.18. The lowest BCUT2D eigenvalue weighted by Gasteiger charge is -2.36.